The molecule has 1 aromatic rings. The number of benzene rings is 1. The third-order valence-corrected chi connectivity index (χ3v) is 5.95. The second-order valence-electron chi connectivity index (χ2n) is 7.14. The Morgan fingerprint density at radius 2 is 1.75 bits per heavy atom. The molecule has 0 saturated heterocycles. The van der Waals surface area contributed by atoms with Gasteiger partial charge in [0.1, 0.15) is 6.29 Å². The molecule has 20 heavy (non-hydrogen) atoms. The molecule has 0 N–H and O–H groups in total. The van der Waals surface area contributed by atoms with E-state index in [4.69, 9.17) is 0 Å². The molecule has 0 unspecified atom stereocenters. The van der Waals surface area contributed by atoms with Crippen LogP contribution in [0.25, 0.3) is 0 Å². The molecule has 0 amide bonds. The van der Waals surface area contributed by atoms with Crippen LogP contribution < -0.4 is 0 Å². The van der Waals surface area contributed by atoms with E-state index in [1.807, 2.05) is 12.1 Å². The zero-order chi connectivity index (χ0) is 14.0. The fourth-order valence-corrected chi connectivity index (χ4v) is 4.66. The van der Waals surface area contributed by atoms with E-state index in [1.165, 1.54) is 56.9 Å². The van der Waals surface area contributed by atoms with Crippen molar-refractivity contribution < 1.29 is 4.79 Å². The van der Waals surface area contributed by atoms with Gasteiger partial charge in [-0.15, -0.1) is 0 Å². The van der Waals surface area contributed by atoms with Crippen LogP contribution in [-0.2, 0) is 0 Å². The van der Waals surface area contributed by atoms with E-state index in [2.05, 4.69) is 19.1 Å². The second kappa shape index (κ2) is 5.71. The summed E-state index contributed by atoms with van der Waals surface area (Å²) in [6.45, 7) is 2.38. The summed E-state index contributed by atoms with van der Waals surface area (Å²) in [6.07, 6.45) is 12.5. The molecule has 2 aliphatic rings. The van der Waals surface area contributed by atoms with Crippen LogP contribution in [0.2, 0.25) is 0 Å². The molecule has 2 saturated carbocycles. The van der Waals surface area contributed by atoms with Crippen molar-refractivity contribution in [2.24, 2.45) is 11.3 Å². The van der Waals surface area contributed by atoms with Crippen LogP contribution in [0.15, 0.2) is 24.3 Å². The summed E-state index contributed by atoms with van der Waals surface area (Å²) in [7, 11) is 0. The van der Waals surface area contributed by atoms with E-state index in [0.717, 1.165) is 17.8 Å². The summed E-state index contributed by atoms with van der Waals surface area (Å²) in [5, 5.41) is 0. The molecule has 1 aromatic carbocycles. The zero-order valence-corrected chi connectivity index (χ0v) is 12.6. The Morgan fingerprint density at radius 1 is 1.10 bits per heavy atom. The van der Waals surface area contributed by atoms with Crippen molar-refractivity contribution in [2.45, 2.75) is 64.2 Å². The standard InChI is InChI=1S/C19H26O/c1-15(17-8-6-16(14-20)7-9-17)18-5-4-12-19(13-18)10-2-3-11-19/h6-9,14-15,18H,2-5,10-13H2,1H3/t15-,18-/m0/s1. The Kier molecular flexibility index (Phi) is 3.96. The van der Waals surface area contributed by atoms with Gasteiger partial charge in [-0.05, 0) is 54.9 Å². The molecule has 2 atom stereocenters. The van der Waals surface area contributed by atoms with Gasteiger partial charge in [0.25, 0.3) is 0 Å². The van der Waals surface area contributed by atoms with Crippen molar-refractivity contribution in [1.82, 2.24) is 0 Å². The van der Waals surface area contributed by atoms with E-state index >= 15 is 0 Å². The van der Waals surface area contributed by atoms with Crippen LogP contribution in [0, 0.1) is 11.3 Å². The Morgan fingerprint density at radius 3 is 2.40 bits per heavy atom. The van der Waals surface area contributed by atoms with Crippen LogP contribution in [0.1, 0.15) is 80.1 Å². The van der Waals surface area contributed by atoms with Gasteiger partial charge in [0, 0.05) is 5.56 Å². The predicted molar refractivity (Wildman–Crippen MR) is 83.1 cm³/mol. The first-order valence-electron chi connectivity index (χ1n) is 8.28. The first-order valence-corrected chi connectivity index (χ1v) is 8.28. The van der Waals surface area contributed by atoms with Gasteiger partial charge in [0.05, 0.1) is 0 Å². The molecule has 0 aromatic heterocycles. The summed E-state index contributed by atoms with van der Waals surface area (Å²) >= 11 is 0. The number of aldehydes is 1. The smallest absolute Gasteiger partial charge is 0.150 e. The fourth-order valence-electron chi connectivity index (χ4n) is 4.66. The minimum atomic E-state index is 0.633. The lowest BCUT2D eigenvalue weighted by molar-refractivity contribution is 0.112. The first kappa shape index (κ1) is 13.9. The lowest BCUT2D eigenvalue weighted by Crippen LogP contribution is -2.28. The molecule has 1 heteroatoms. The highest BCUT2D eigenvalue weighted by Gasteiger charge is 2.39. The minimum Gasteiger partial charge on any atom is -0.298 e. The molecule has 2 aliphatic carbocycles. The maximum absolute atomic E-state index is 10.8. The number of carbonyl (C=O) groups is 1. The SMILES string of the molecule is C[C@@H](c1ccc(C=O)cc1)[C@H]1CCCC2(CCCC2)C1. The quantitative estimate of drug-likeness (QED) is 0.676. The van der Waals surface area contributed by atoms with Crippen LogP contribution in [0.3, 0.4) is 0 Å². The largest absolute Gasteiger partial charge is 0.298 e. The lowest BCUT2D eigenvalue weighted by atomic mass is 9.65. The molecule has 1 spiro atoms. The van der Waals surface area contributed by atoms with Crippen LogP contribution in [-0.4, -0.2) is 6.29 Å². The van der Waals surface area contributed by atoms with Crippen molar-refractivity contribution in [3.05, 3.63) is 35.4 Å². The monoisotopic (exact) mass is 270 g/mol. The average molecular weight is 270 g/mol. The summed E-state index contributed by atoms with van der Waals surface area (Å²) < 4.78 is 0. The summed E-state index contributed by atoms with van der Waals surface area (Å²) in [4.78, 5) is 10.8. The molecule has 0 aliphatic heterocycles. The van der Waals surface area contributed by atoms with E-state index < -0.39 is 0 Å². The van der Waals surface area contributed by atoms with Gasteiger partial charge in [-0.25, -0.2) is 0 Å². The third-order valence-electron chi connectivity index (χ3n) is 5.95. The third kappa shape index (κ3) is 2.68. The van der Waals surface area contributed by atoms with Crippen molar-refractivity contribution in [3.8, 4) is 0 Å². The van der Waals surface area contributed by atoms with Crippen molar-refractivity contribution in [2.75, 3.05) is 0 Å². The molecular formula is C19H26O. The van der Waals surface area contributed by atoms with Gasteiger partial charge < -0.3 is 0 Å². The topological polar surface area (TPSA) is 17.1 Å². The van der Waals surface area contributed by atoms with Gasteiger partial charge in [-0.3, -0.25) is 4.79 Å². The van der Waals surface area contributed by atoms with E-state index in [0.29, 0.717) is 11.3 Å². The lowest BCUT2D eigenvalue weighted by Gasteiger charge is -2.40. The predicted octanol–water partition coefficient (Wildman–Crippen LogP) is 5.35. The zero-order valence-electron chi connectivity index (χ0n) is 12.6. The van der Waals surface area contributed by atoms with Gasteiger partial charge in [0.2, 0.25) is 0 Å². The van der Waals surface area contributed by atoms with Crippen molar-refractivity contribution in [1.29, 1.82) is 0 Å². The molecule has 0 heterocycles. The number of hydrogen-bond acceptors (Lipinski definition) is 1. The minimum absolute atomic E-state index is 0.633. The second-order valence-corrected chi connectivity index (χ2v) is 7.14. The first-order chi connectivity index (χ1) is 9.72. The average Bonchev–Trinajstić information content (AvgIpc) is 2.94. The number of hydrogen-bond donors (Lipinski definition) is 0. The highest BCUT2D eigenvalue weighted by atomic mass is 16.1. The molecule has 0 radical (unpaired) electrons. The van der Waals surface area contributed by atoms with Gasteiger partial charge in [-0.2, -0.15) is 0 Å². The van der Waals surface area contributed by atoms with E-state index in [1.54, 1.807) is 0 Å². The number of carbonyl (C=O) groups excluding carboxylic acids is 1. The Bertz CT molecular complexity index is 453. The molecule has 1 nitrogen and oxygen atoms in total. The Balaban J connectivity index is 1.72. The van der Waals surface area contributed by atoms with Gasteiger partial charge >= 0.3 is 0 Å². The normalized spacial score (nSPS) is 26.6. The summed E-state index contributed by atoms with van der Waals surface area (Å²) in [5.41, 5.74) is 2.90. The molecule has 2 fully saturated rings. The highest BCUT2D eigenvalue weighted by Crippen LogP contribution is 2.53. The number of rotatable bonds is 3. The Hall–Kier alpha value is -1.11. The van der Waals surface area contributed by atoms with Gasteiger partial charge in [0.15, 0.2) is 0 Å². The molecule has 3 rings (SSSR count). The van der Waals surface area contributed by atoms with Crippen LogP contribution in [0.4, 0.5) is 0 Å². The molecule has 0 bridgehead atoms. The fraction of sp³-hybridized carbons (Fsp3) is 0.632. The van der Waals surface area contributed by atoms with Crippen molar-refractivity contribution in [3.63, 3.8) is 0 Å². The molecular weight excluding hydrogens is 244 g/mol. The summed E-state index contributed by atoms with van der Waals surface area (Å²) in [6, 6.07) is 8.24. The maximum atomic E-state index is 10.8. The van der Waals surface area contributed by atoms with Crippen LogP contribution in [0.5, 0.6) is 0 Å². The van der Waals surface area contributed by atoms with Crippen molar-refractivity contribution >= 4 is 6.29 Å². The van der Waals surface area contributed by atoms with Crippen LogP contribution >= 0.6 is 0 Å². The van der Waals surface area contributed by atoms with Gasteiger partial charge in [-0.1, -0.05) is 50.5 Å². The van der Waals surface area contributed by atoms with E-state index in [9.17, 15) is 4.79 Å². The highest BCUT2D eigenvalue weighted by molar-refractivity contribution is 5.74. The molecule has 108 valence electrons. The Labute approximate surface area is 122 Å². The summed E-state index contributed by atoms with van der Waals surface area (Å²) in [5.74, 6) is 1.47. The maximum Gasteiger partial charge on any atom is 0.150 e. The van der Waals surface area contributed by atoms with E-state index in [-0.39, 0.29) is 0 Å².